The van der Waals surface area contributed by atoms with Crippen LogP contribution in [0.1, 0.15) is 27.7 Å². The molecule has 0 fully saturated rings. The molecule has 10 heavy (non-hydrogen) atoms. The van der Waals surface area contributed by atoms with E-state index in [1.807, 2.05) is 6.92 Å². The van der Waals surface area contributed by atoms with Crippen LogP contribution in [0.3, 0.4) is 0 Å². The average Bonchev–Trinajstić information content (AvgIpc) is 1.62. The van der Waals surface area contributed by atoms with Gasteiger partial charge >= 0.3 is 0 Å². The first-order valence-corrected chi connectivity index (χ1v) is 3.75. The van der Waals surface area contributed by atoms with E-state index < -0.39 is 0 Å². The Morgan fingerprint density at radius 1 is 1.20 bits per heavy atom. The monoisotopic (exact) mass is 147 g/mol. The normalized spacial score (nSPS) is 12.3. The maximum Gasteiger partial charge on any atom is 0.0611 e. The summed E-state index contributed by atoms with van der Waals surface area (Å²) < 4.78 is 4.68. The molecule has 0 radical (unpaired) electrons. The van der Waals surface area contributed by atoms with E-state index in [-0.39, 0.29) is 6.04 Å². The van der Waals surface area contributed by atoms with Gasteiger partial charge in [0.05, 0.1) is 6.61 Å². The summed E-state index contributed by atoms with van der Waals surface area (Å²) in [7, 11) is 1.64. The topological polar surface area (TPSA) is 35.2 Å². The second kappa shape index (κ2) is 8.92. The van der Waals surface area contributed by atoms with Crippen LogP contribution < -0.4 is 5.73 Å². The highest BCUT2D eigenvalue weighted by Crippen LogP contribution is 1.81. The van der Waals surface area contributed by atoms with Gasteiger partial charge < -0.3 is 10.5 Å². The summed E-state index contributed by atoms with van der Waals surface area (Å²) in [5, 5.41) is 0. The van der Waals surface area contributed by atoms with Crippen molar-refractivity contribution >= 4 is 0 Å². The second-order valence-corrected chi connectivity index (χ2v) is 3.16. The summed E-state index contributed by atoms with van der Waals surface area (Å²) >= 11 is 0. The fraction of sp³-hybridized carbons (Fsp3) is 1.00. The number of hydrogen-bond acceptors (Lipinski definition) is 2. The number of hydrogen-bond donors (Lipinski definition) is 1. The van der Waals surface area contributed by atoms with Gasteiger partial charge in [-0.2, -0.15) is 0 Å². The lowest BCUT2D eigenvalue weighted by atomic mass is 10.3. The molecule has 0 unspecified atom stereocenters. The highest BCUT2D eigenvalue weighted by atomic mass is 16.5. The summed E-state index contributed by atoms with van der Waals surface area (Å²) in [4.78, 5) is 0. The van der Waals surface area contributed by atoms with Crippen LogP contribution >= 0.6 is 0 Å². The lowest BCUT2D eigenvalue weighted by Crippen LogP contribution is -2.20. The second-order valence-electron chi connectivity index (χ2n) is 3.16. The predicted molar refractivity (Wildman–Crippen MR) is 46.0 cm³/mol. The molecule has 0 aliphatic carbocycles. The summed E-state index contributed by atoms with van der Waals surface area (Å²) in [5.41, 5.74) is 5.28. The molecule has 0 aromatic carbocycles. The first kappa shape index (κ1) is 12.6. The zero-order valence-electron chi connectivity index (χ0n) is 7.85. The van der Waals surface area contributed by atoms with Crippen LogP contribution in [0.4, 0.5) is 0 Å². The molecule has 0 aromatic rings. The van der Waals surface area contributed by atoms with Gasteiger partial charge in [-0.3, -0.25) is 0 Å². The van der Waals surface area contributed by atoms with Crippen LogP contribution in [0.2, 0.25) is 0 Å². The van der Waals surface area contributed by atoms with Crippen LogP contribution in [0.15, 0.2) is 0 Å². The largest absolute Gasteiger partial charge is 0.383 e. The van der Waals surface area contributed by atoms with Gasteiger partial charge in [-0.1, -0.05) is 20.8 Å². The lowest BCUT2D eigenvalue weighted by Gasteiger charge is -1.98. The van der Waals surface area contributed by atoms with Crippen molar-refractivity contribution in [2.75, 3.05) is 13.7 Å². The van der Waals surface area contributed by atoms with Crippen molar-refractivity contribution in [2.24, 2.45) is 11.7 Å². The Kier molecular flexibility index (Phi) is 11.2. The minimum absolute atomic E-state index is 0.176. The number of rotatable bonds is 2. The van der Waals surface area contributed by atoms with Crippen molar-refractivity contribution in [1.82, 2.24) is 0 Å². The Balaban J connectivity index is 0. The summed E-state index contributed by atoms with van der Waals surface area (Å²) in [6.07, 6.45) is 0. The fourth-order valence-corrected chi connectivity index (χ4v) is 0.263. The third-order valence-electron chi connectivity index (χ3n) is 0.430. The predicted octanol–water partition coefficient (Wildman–Crippen LogP) is 1.64. The van der Waals surface area contributed by atoms with Crippen molar-refractivity contribution in [3.8, 4) is 0 Å². The Labute approximate surface area is 64.8 Å². The maximum absolute atomic E-state index is 5.28. The van der Waals surface area contributed by atoms with Crippen molar-refractivity contribution in [3.05, 3.63) is 0 Å². The van der Waals surface area contributed by atoms with E-state index in [9.17, 15) is 0 Å². The SMILES string of the molecule is CC(C)C.COC[C@H](C)N. The molecule has 0 saturated heterocycles. The minimum Gasteiger partial charge on any atom is -0.383 e. The zero-order valence-corrected chi connectivity index (χ0v) is 7.85. The number of methoxy groups -OCH3 is 1. The molecule has 0 aromatic heterocycles. The van der Waals surface area contributed by atoms with E-state index in [2.05, 4.69) is 25.5 Å². The van der Waals surface area contributed by atoms with Crippen LogP contribution in [0, 0.1) is 5.92 Å². The molecule has 2 N–H and O–H groups in total. The molecule has 64 valence electrons. The van der Waals surface area contributed by atoms with Gasteiger partial charge in [-0.25, -0.2) is 0 Å². The van der Waals surface area contributed by atoms with Gasteiger partial charge in [0.25, 0.3) is 0 Å². The maximum atomic E-state index is 5.28. The van der Waals surface area contributed by atoms with Gasteiger partial charge in [-0.05, 0) is 12.8 Å². The lowest BCUT2D eigenvalue weighted by molar-refractivity contribution is 0.185. The Morgan fingerprint density at radius 2 is 1.50 bits per heavy atom. The molecule has 0 aliphatic rings. The third-order valence-corrected chi connectivity index (χ3v) is 0.430. The molecule has 0 aliphatic heterocycles. The molecule has 0 rings (SSSR count). The molecular weight excluding hydrogens is 126 g/mol. The van der Waals surface area contributed by atoms with Crippen LogP contribution in [0.5, 0.6) is 0 Å². The van der Waals surface area contributed by atoms with Crippen molar-refractivity contribution in [1.29, 1.82) is 0 Å². The Morgan fingerprint density at radius 3 is 1.50 bits per heavy atom. The Hall–Kier alpha value is -0.0800. The molecule has 1 atom stereocenters. The standard InChI is InChI=1S/C4H11NO.C4H10/c1-4(5)3-6-2;1-4(2)3/h4H,3,5H2,1-2H3;4H,1-3H3/t4-;/m0./s1. The molecule has 2 heteroatoms. The quantitative estimate of drug-likeness (QED) is 0.644. The van der Waals surface area contributed by atoms with E-state index in [1.54, 1.807) is 7.11 Å². The highest BCUT2D eigenvalue weighted by molar-refractivity contribution is 4.45. The van der Waals surface area contributed by atoms with Crippen molar-refractivity contribution in [3.63, 3.8) is 0 Å². The first-order chi connectivity index (χ1) is 4.50. The van der Waals surface area contributed by atoms with Gasteiger partial charge in [0.1, 0.15) is 0 Å². The Bertz CT molecular complexity index is 50.5. The minimum atomic E-state index is 0.176. The van der Waals surface area contributed by atoms with Crippen molar-refractivity contribution < 1.29 is 4.74 Å². The first-order valence-electron chi connectivity index (χ1n) is 3.75. The van der Waals surface area contributed by atoms with Crippen LogP contribution in [-0.2, 0) is 4.74 Å². The van der Waals surface area contributed by atoms with E-state index in [0.717, 1.165) is 5.92 Å². The summed E-state index contributed by atoms with van der Waals surface area (Å²) in [5.74, 6) is 0.833. The molecule has 0 spiro atoms. The van der Waals surface area contributed by atoms with Gasteiger partial charge in [0.15, 0.2) is 0 Å². The van der Waals surface area contributed by atoms with Gasteiger partial charge in [0.2, 0.25) is 0 Å². The third kappa shape index (κ3) is 44.5. The van der Waals surface area contributed by atoms with E-state index in [4.69, 9.17) is 5.73 Å². The highest BCUT2D eigenvalue weighted by Gasteiger charge is 1.85. The van der Waals surface area contributed by atoms with Crippen LogP contribution in [-0.4, -0.2) is 19.8 Å². The van der Waals surface area contributed by atoms with Gasteiger partial charge in [-0.15, -0.1) is 0 Å². The van der Waals surface area contributed by atoms with E-state index in [0.29, 0.717) is 6.61 Å². The number of nitrogens with two attached hydrogens (primary N) is 1. The van der Waals surface area contributed by atoms with Crippen LogP contribution in [0.25, 0.3) is 0 Å². The van der Waals surface area contributed by atoms with Crippen molar-refractivity contribution in [2.45, 2.75) is 33.7 Å². The van der Waals surface area contributed by atoms with Gasteiger partial charge in [0, 0.05) is 13.2 Å². The number of ether oxygens (including phenoxy) is 1. The van der Waals surface area contributed by atoms with E-state index >= 15 is 0 Å². The fourth-order valence-electron chi connectivity index (χ4n) is 0.263. The molecule has 0 bridgehead atoms. The molecular formula is C8H21NO. The molecule has 0 saturated carbocycles. The molecule has 0 amide bonds. The smallest absolute Gasteiger partial charge is 0.0611 e. The average molecular weight is 147 g/mol. The summed E-state index contributed by atoms with van der Waals surface area (Å²) in [6.45, 7) is 9.06. The molecule has 2 nitrogen and oxygen atoms in total. The summed E-state index contributed by atoms with van der Waals surface area (Å²) in [6, 6.07) is 0.176. The molecule has 0 heterocycles. The van der Waals surface area contributed by atoms with E-state index in [1.165, 1.54) is 0 Å². The zero-order chi connectivity index (χ0) is 8.57.